The summed E-state index contributed by atoms with van der Waals surface area (Å²) in [5.74, 6) is -16.2. The Labute approximate surface area is 820 Å². The third-order valence-electron chi connectivity index (χ3n) is 21.0. The number of likely N-dealkylation sites (tertiary alicyclic amines) is 2. The van der Waals surface area contributed by atoms with Crippen molar-refractivity contribution in [2.45, 2.75) is 200 Å². The number of fused-ring (bicyclic) bond motifs is 8. The lowest BCUT2D eigenvalue weighted by Gasteiger charge is -2.46. The highest BCUT2D eigenvalue weighted by atomic mass is 79.9. The Morgan fingerprint density at radius 2 is 0.643 bits per heavy atom. The van der Waals surface area contributed by atoms with Gasteiger partial charge < -0.3 is 93.8 Å². The van der Waals surface area contributed by atoms with Crippen LogP contribution in [0.2, 0.25) is 20.1 Å². The van der Waals surface area contributed by atoms with E-state index in [1.165, 1.54) is 61.4 Å². The summed E-state index contributed by atoms with van der Waals surface area (Å²) in [7, 11) is 0. The lowest BCUT2D eigenvalue weighted by molar-refractivity contribution is -0.161. The molecule has 0 bridgehead atoms. The summed E-state index contributed by atoms with van der Waals surface area (Å²) in [6.07, 6.45) is -1.06. The van der Waals surface area contributed by atoms with Crippen molar-refractivity contribution in [3.8, 4) is 0 Å². The number of halogens is 13. The van der Waals surface area contributed by atoms with Gasteiger partial charge in [0.05, 0.1) is 37.7 Å². The van der Waals surface area contributed by atoms with Crippen LogP contribution >= 0.6 is 62.3 Å². The number of rotatable bonds is 8. The minimum atomic E-state index is -3.66. The molecule has 140 heavy (non-hydrogen) atoms. The number of nitrogens with two attached hydrogens (primary N) is 3. The summed E-state index contributed by atoms with van der Waals surface area (Å²) in [5.41, 5.74) is -1.61. The summed E-state index contributed by atoms with van der Waals surface area (Å²) in [4.78, 5) is 184. The molecule has 4 unspecified atom stereocenters. The molecule has 8 aromatic heterocycles. The maximum Gasteiger partial charge on any atom is 0.413 e. The van der Waals surface area contributed by atoms with E-state index in [1.807, 2.05) is 0 Å². The van der Waals surface area contributed by atoms with E-state index in [1.54, 1.807) is 83.1 Å². The molecule has 4 fully saturated rings. The van der Waals surface area contributed by atoms with Crippen LogP contribution in [0.3, 0.4) is 0 Å². The molecule has 0 aromatic carbocycles. The maximum atomic E-state index is 15.7. The zero-order chi connectivity index (χ0) is 101. The van der Waals surface area contributed by atoms with E-state index >= 15 is 17.6 Å². The average molecular weight is 2120 g/mol. The molecule has 4 saturated heterocycles. The van der Waals surface area contributed by atoms with E-state index in [0.29, 0.717) is 15.0 Å². The zero-order valence-corrected chi connectivity index (χ0v) is 79.0. The third kappa shape index (κ3) is 22.6. The molecule has 17 N–H and O–H groups in total. The fourth-order valence-corrected chi connectivity index (χ4v) is 16.9. The highest BCUT2D eigenvalue weighted by molar-refractivity contribution is 9.10. The number of carbonyl (C=O) groups is 8. The predicted octanol–water partition coefficient (Wildman–Crippen LogP) is 11.6. The van der Waals surface area contributed by atoms with Gasteiger partial charge in [-0.15, -0.1) is 0 Å². The first-order chi connectivity index (χ1) is 63.5. The van der Waals surface area contributed by atoms with E-state index in [-0.39, 0.29) is 161 Å². The van der Waals surface area contributed by atoms with Crippen LogP contribution < -0.4 is 97.9 Å². The molecule has 8 amide bonds. The number of piperidine rings is 4. The van der Waals surface area contributed by atoms with Crippen LogP contribution in [0.15, 0.2) is 97.5 Å². The molecular formula is C83H101BrCl4F8N28O16. The first kappa shape index (κ1) is 111. The quantitative estimate of drug-likeness (QED) is 0.0496. The van der Waals surface area contributed by atoms with Crippen molar-refractivity contribution in [1.29, 1.82) is 0 Å². The van der Waals surface area contributed by atoms with E-state index in [2.05, 4.69) is 114 Å². The van der Waals surface area contributed by atoms with Crippen LogP contribution in [0.4, 0.5) is 118 Å². The molecule has 16 rings (SSSR count). The Kier molecular flexibility index (Phi) is 32.1. The van der Waals surface area contributed by atoms with Crippen LogP contribution in [0.25, 0.3) is 0 Å². The molecule has 57 heteroatoms. The van der Waals surface area contributed by atoms with Crippen molar-refractivity contribution in [2.75, 3.05) is 96.1 Å². The summed E-state index contributed by atoms with van der Waals surface area (Å²) in [6, 6.07) is 10.1. The van der Waals surface area contributed by atoms with Gasteiger partial charge in [0.15, 0.2) is 11.3 Å². The molecule has 760 valence electrons. The standard InChI is InChI=1S/C25H30ClF2N7O6.C16H17BrClF2N3O4.2C15H14ClF2N7O2.C9H14N4O2.3CH4/c1-22(2,3)40-20(38)32-16-10-15(29-12-30-16)31-14-9-13(26)17-18(36)33-25(35(17)19(14)37)11-34(8-7-24(25,27)28)21(39)41-23(4,5)6;1-14(2,3)27-13(26)22-5-4-15(19,20)16(7-22)21-11(24)10-9(18)6-8(17)12(25)23(10)16;2*16-7-3-8(23-10-4-9(19)21-6-22-10)13(27)25-11(7)12(26)24-15(25)5-20-2-1-14(15,17)18;1-9(2,3)15-8(14)13-7-4-6(10)11-5-12-7;;;/h9-10,12H,7-8,11H2,1-6H3,(H,33,36)(H2,29,30,31,32,38);6H,4-5,7H2,1-3H3,(H,21,24);2*3-4,6,20H,1-2,5H2,(H,24,26)(H3,19,21,22,23);4-5H,1-3H3,(H3,10,11,12,13,14);3*1H4. The highest BCUT2D eigenvalue weighted by Crippen LogP contribution is 2.49. The summed E-state index contributed by atoms with van der Waals surface area (Å²) in [6.45, 7) is 17.6. The smallest absolute Gasteiger partial charge is 0.413 e. The van der Waals surface area contributed by atoms with Crippen molar-refractivity contribution in [3.05, 3.63) is 163 Å². The van der Waals surface area contributed by atoms with Gasteiger partial charge in [-0.25, -0.2) is 94.2 Å². The fraction of sp³-hybridized carbons (Fsp3) is 0.470. The third-order valence-corrected chi connectivity index (χ3v) is 22.7. The number of amides is 8. The lowest BCUT2D eigenvalue weighted by Crippen LogP contribution is -2.69. The molecular weight excluding hydrogens is 2020 g/mol. The number of nitrogens with zero attached hydrogens (tertiary/aromatic N) is 14. The number of aromatic nitrogens is 12. The molecule has 8 aromatic rings. The molecule has 0 aliphatic carbocycles. The Hall–Kier alpha value is -13.1. The van der Waals surface area contributed by atoms with Crippen molar-refractivity contribution in [2.24, 2.45) is 0 Å². The monoisotopic (exact) mass is 2120 g/mol. The second-order valence-corrected chi connectivity index (χ2v) is 38.1. The fourth-order valence-electron chi connectivity index (χ4n) is 15.2. The largest absolute Gasteiger partial charge is 0.444 e. The number of pyridine rings is 4. The van der Waals surface area contributed by atoms with Crippen LogP contribution in [0, 0.1) is 0 Å². The van der Waals surface area contributed by atoms with Gasteiger partial charge in [0, 0.05) is 89.2 Å². The van der Waals surface area contributed by atoms with Gasteiger partial charge in [0.25, 0.3) is 69.6 Å². The second kappa shape index (κ2) is 40.6. The Balaban J connectivity index is 0.000000200. The lowest BCUT2D eigenvalue weighted by atomic mass is 9.93. The first-order valence-electron chi connectivity index (χ1n) is 41.0. The predicted molar refractivity (Wildman–Crippen MR) is 503 cm³/mol. The molecule has 4 atom stereocenters. The molecule has 8 aliphatic heterocycles. The number of hydrogen-bond acceptors (Lipinski definition) is 32. The van der Waals surface area contributed by atoms with Gasteiger partial charge in [-0.3, -0.25) is 67.3 Å². The number of carbonyl (C=O) groups excluding carboxylic acids is 8. The van der Waals surface area contributed by atoms with Crippen molar-refractivity contribution >= 4 is 174 Å². The van der Waals surface area contributed by atoms with E-state index in [4.69, 9.17) is 82.6 Å². The van der Waals surface area contributed by atoms with Gasteiger partial charge in [-0.05, 0) is 123 Å². The number of alkyl halides is 8. The summed E-state index contributed by atoms with van der Waals surface area (Å²) < 4.78 is 144. The summed E-state index contributed by atoms with van der Waals surface area (Å²) in [5, 5.41) is 26.8. The van der Waals surface area contributed by atoms with Gasteiger partial charge in [0.2, 0.25) is 11.3 Å². The highest BCUT2D eigenvalue weighted by Gasteiger charge is 2.68. The first-order valence-corrected chi connectivity index (χ1v) is 43.3. The van der Waals surface area contributed by atoms with Gasteiger partial charge >= 0.3 is 24.4 Å². The van der Waals surface area contributed by atoms with E-state index in [0.717, 1.165) is 31.3 Å². The molecule has 0 radical (unpaired) electrons. The van der Waals surface area contributed by atoms with Crippen LogP contribution in [0.1, 0.15) is 173 Å². The van der Waals surface area contributed by atoms with Crippen molar-refractivity contribution in [3.63, 3.8) is 0 Å². The molecule has 0 saturated carbocycles. The van der Waals surface area contributed by atoms with Gasteiger partial charge in [0.1, 0.15) is 134 Å². The SMILES string of the molecule is C.C.C.CC(C)(C)OC(=O)N1CCC(F)(F)C2(C1)NC(=O)c1c(Cl)cc(Br)c(=O)n12.CC(C)(C)OC(=O)Nc1cc(N)ncn1.CC(C)(C)OC(=O)Nc1cc(Nc2cc(Cl)c3n(c2=O)C2(CN(C(=O)OC(C)(C)C)CCC2(F)F)NC3=O)ncn1.Nc1cc(Nc2cc(Cl)c3n(c2=O)C2(CNCCC2(F)F)NC3=O)ncn1.Nc1cc(Nc2cc(Cl)c3n(c2=O)C2(CNCCC2(F)F)NC3=O)ncn1. The van der Waals surface area contributed by atoms with Gasteiger partial charge in [-0.2, -0.15) is 0 Å². The van der Waals surface area contributed by atoms with Crippen LogP contribution in [-0.2, 0) is 41.6 Å². The molecule has 16 heterocycles. The van der Waals surface area contributed by atoms with Crippen molar-refractivity contribution < 1.29 is 92.4 Å². The van der Waals surface area contributed by atoms with E-state index in [9.17, 15) is 75.1 Å². The van der Waals surface area contributed by atoms with Crippen LogP contribution in [0.5, 0.6) is 0 Å². The number of anilines is 11. The Bertz CT molecular complexity index is 6300. The normalized spacial score (nSPS) is 20.5. The maximum absolute atomic E-state index is 15.7. The topological polar surface area (TPSA) is 581 Å². The Morgan fingerprint density at radius 1 is 0.379 bits per heavy atom. The number of nitrogens with one attached hydrogen (secondary N) is 11. The zero-order valence-electron chi connectivity index (χ0n) is 74.4. The average Bonchev–Trinajstić information content (AvgIpc) is 1.55. The van der Waals surface area contributed by atoms with Crippen LogP contribution in [-0.4, -0.2) is 214 Å². The van der Waals surface area contributed by atoms with Crippen molar-refractivity contribution in [1.82, 2.24) is 99.8 Å². The number of ether oxygens (including phenoxy) is 4. The minimum Gasteiger partial charge on any atom is -0.444 e. The molecule has 4 spiro atoms. The van der Waals surface area contributed by atoms with E-state index < -0.39 is 183 Å². The van der Waals surface area contributed by atoms with Gasteiger partial charge in [-0.1, -0.05) is 68.7 Å². The number of hydrogen-bond donors (Lipinski definition) is 14. The molecule has 44 nitrogen and oxygen atoms in total. The summed E-state index contributed by atoms with van der Waals surface area (Å²) >= 11 is 27.6. The minimum absolute atomic E-state index is 0. The second-order valence-electron chi connectivity index (χ2n) is 35.6. The Morgan fingerprint density at radius 3 is 0.957 bits per heavy atom. The molecule has 8 aliphatic rings. The number of nitrogen functional groups attached to an aromatic ring is 3.